The Morgan fingerprint density at radius 2 is 2.06 bits per heavy atom. The molecule has 0 spiro atoms. The van der Waals surface area contributed by atoms with Gasteiger partial charge in [0.05, 0.1) is 12.4 Å². The molecule has 1 aliphatic rings. The van der Waals surface area contributed by atoms with Crippen molar-refractivity contribution in [3.05, 3.63) is 0 Å². The number of sulfonamides is 1. The van der Waals surface area contributed by atoms with Gasteiger partial charge in [-0.1, -0.05) is 0 Å². The molecule has 0 aliphatic carbocycles. The first-order valence-corrected chi connectivity index (χ1v) is 7.61. The van der Waals surface area contributed by atoms with E-state index in [2.05, 4.69) is 10.6 Å². The normalized spacial score (nSPS) is 17.6. The predicted molar refractivity (Wildman–Crippen MR) is 67.7 cm³/mol. The van der Waals surface area contributed by atoms with E-state index >= 15 is 0 Å². The average Bonchev–Trinajstić information content (AvgIpc) is 2.38. The summed E-state index contributed by atoms with van der Waals surface area (Å²) in [6.07, 6.45) is -0.00399. The molecule has 2 N–H and O–H groups in total. The Hall–Kier alpha value is -0.700. The summed E-state index contributed by atoms with van der Waals surface area (Å²) in [5, 5.41) is 5.69. The molecule has 1 amide bonds. The molecule has 0 atom stereocenters. The molecule has 1 rings (SSSR count). The van der Waals surface area contributed by atoms with Crippen molar-refractivity contribution in [3.63, 3.8) is 0 Å². The van der Waals surface area contributed by atoms with Gasteiger partial charge in [0.15, 0.2) is 0 Å². The van der Waals surface area contributed by atoms with Crippen LogP contribution in [0.2, 0.25) is 0 Å². The number of hydrogen-bond acceptors (Lipinski definition) is 5. The molecule has 0 bridgehead atoms. The van der Waals surface area contributed by atoms with E-state index in [0.29, 0.717) is 39.3 Å². The molecule has 8 heteroatoms. The zero-order valence-electron chi connectivity index (χ0n) is 10.6. The summed E-state index contributed by atoms with van der Waals surface area (Å²) in [4.78, 5) is 11.4. The summed E-state index contributed by atoms with van der Waals surface area (Å²) < 4.78 is 30.0. The first-order valence-electron chi connectivity index (χ1n) is 6.00. The Balaban J connectivity index is 2.30. The molecule has 0 aromatic carbocycles. The monoisotopic (exact) mass is 279 g/mol. The number of nitrogens with one attached hydrogen (secondary N) is 2. The molecule has 0 radical (unpaired) electrons. The van der Waals surface area contributed by atoms with E-state index in [9.17, 15) is 13.2 Å². The van der Waals surface area contributed by atoms with Crippen LogP contribution in [-0.2, 0) is 19.6 Å². The number of amides is 1. The molecule has 1 aliphatic heterocycles. The minimum absolute atomic E-state index is 0.00399. The van der Waals surface area contributed by atoms with Crippen LogP contribution < -0.4 is 10.6 Å². The molecule has 1 saturated heterocycles. The molecule has 18 heavy (non-hydrogen) atoms. The van der Waals surface area contributed by atoms with Gasteiger partial charge in [-0.3, -0.25) is 4.79 Å². The number of ether oxygens (including phenoxy) is 1. The summed E-state index contributed by atoms with van der Waals surface area (Å²) in [7, 11) is -1.77. The summed E-state index contributed by atoms with van der Waals surface area (Å²) in [5.41, 5.74) is 0. The van der Waals surface area contributed by atoms with Crippen LogP contribution in [0.1, 0.15) is 6.42 Å². The van der Waals surface area contributed by atoms with Crippen LogP contribution in [0.3, 0.4) is 0 Å². The van der Waals surface area contributed by atoms with Gasteiger partial charge in [-0.2, -0.15) is 4.31 Å². The largest absolute Gasteiger partial charge is 0.383 e. The number of methoxy groups -OCH3 is 1. The maximum Gasteiger partial charge on any atom is 0.221 e. The van der Waals surface area contributed by atoms with Crippen molar-refractivity contribution in [1.82, 2.24) is 14.9 Å². The highest BCUT2D eigenvalue weighted by molar-refractivity contribution is 7.89. The highest BCUT2D eigenvalue weighted by Gasteiger charge is 2.24. The van der Waals surface area contributed by atoms with Gasteiger partial charge in [-0.15, -0.1) is 0 Å². The van der Waals surface area contributed by atoms with Crippen LogP contribution in [-0.4, -0.2) is 70.8 Å². The number of hydrogen-bond donors (Lipinski definition) is 2. The summed E-state index contributed by atoms with van der Waals surface area (Å²) >= 11 is 0. The van der Waals surface area contributed by atoms with Crippen molar-refractivity contribution >= 4 is 15.9 Å². The standard InChI is InChI=1S/C10H21N3O4S/c1-17-8-5-12-10(14)2-9-18(15,16)13-6-3-11-4-7-13/h11H,2-9H2,1H3,(H,12,14). The van der Waals surface area contributed by atoms with Crippen molar-refractivity contribution in [1.29, 1.82) is 0 Å². The maximum absolute atomic E-state index is 11.9. The third-order valence-corrected chi connectivity index (χ3v) is 4.56. The highest BCUT2D eigenvalue weighted by atomic mass is 32.2. The van der Waals surface area contributed by atoms with Gasteiger partial charge in [0.1, 0.15) is 0 Å². The van der Waals surface area contributed by atoms with Gasteiger partial charge in [0, 0.05) is 46.3 Å². The van der Waals surface area contributed by atoms with E-state index in [1.807, 2.05) is 0 Å². The van der Waals surface area contributed by atoms with Crippen molar-refractivity contribution in [3.8, 4) is 0 Å². The van der Waals surface area contributed by atoms with E-state index < -0.39 is 10.0 Å². The minimum Gasteiger partial charge on any atom is -0.383 e. The second kappa shape index (κ2) is 7.67. The predicted octanol–water partition coefficient (Wildman–Crippen LogP) is -1.63. The summed E-state index contributed by atoms with van der Waals surface area (Å²) in [6.45, 7) is 3.12. The zero-order chi connectivity index (χ0) is 13.4. The fourth-order valence-electron chi connectivity index (χ4n) is 1.65. The third kappa shape index (κ3) is 5.30. The molecule has 106 valence electrons. The van der Waals surface area contributed by atoms with E-state index in [0.717, 1.165) is 0 Å². The number of piperazine rings is 1. The van der Waals surface area contributed by atoms with Crippen LogP contribution in [0.15, 0.2) is 0 Å². The Morgan fingerprint density at radius 3 is 2.67 bits per heavy atom. The number of carbonyl (C=O) groups excluding carboxylic acids is 1. The topological polar surface area (TPSA) is 87.7 Å². The minimum atomic E-state index is -3.31. The molecule has 0 saturated carbocycles. The van der Waals surface area contributed by atoms with Gasteiger partial charge in [-0.05, 0) is 0 Å². The molecule has 0 aromatic heterocycles. The van der Waals surface area contributed by atoms with Gasteiger partial charge in [0.25, 0.3) is 0 Å². The van der Waals surface area contributed by atoms with Crippen LogP contribution in [0, 0.1) is 0 Å². The SMILES string of the molecule is COCCNC(=O)CCS(=O)(=O)N1CCNCC1. The van der Waals surface area contributed by atoms with E-state index in [4.69, 9.17) is 4.74 Å². The lowest BCUT2D eigenvalue weighted by Crippen LogP contribution is -2.47. The lowest BCUT2D eigenvalue weighted by molar-refractivity contribution is -0.120. The van der Waals surface area contributed by atoms with Crippen LogP contribution in [0.4, 0.5) is 0 Å². The number of rotatable bonds is 7. The van der Waals surface area contributed by atoms with Crippen molar-refractivity contribution in [2.75, 3.05) is 52.2 Å². The quantitative estimate of drug-likeness (QED) is 0.547. The molecule has 7 nitrogen and oxygen atoms in total. The van der Waals surface area contributed by atoms with Crippen LogP contribution >= 0.6 is 0 Å². The van der Waals surface area contributed by atoms with Crippen LogP contribution in [0.25, 0.3) is 0 Å². The second-order valence-electron chi connectivity index (χ2n) is 4.06. The number of nitrogens with zero attached hydrogens (tertiary/aromatic N) is 1. The molecule has 1 fully saturated rings. The van der Waals surface area contributed by atoms with Crippen molar-refractivity contribution in [2.45, 2.75) is 6.42 Å². The van der Waals surface area contributed by atoms with E-state index in [1.54, 1.807) is 7.11 Å². The lowest BCUT2D eigenvalue weighted by Gasteiger charge is -2.26. The first-order chi connectivity index (χ1) is 8.56. The molecule has 0 aromatic rings. The Bertz CT molecular complexity index is 352. The fourth-order valence-corrected chi connectivity index (χ4v) is 3.09. The van der Waals surface area contributed by atoms with Gasteiger partial charge in [0.2, 0.25) is 15.9 Å². The van der Waals surface area contributed by atoms with E-state index in [1.165, 1.54) is 4.31 Å². The highest BCUT2D eigenvalue weighted by Crippen LogP contribution is 2.04. The van der Waals surface area contributed by atoms with Crippen molar-refractivity contribution < 1.29 is 17.9 Å². The van der Waals surface area contributed by atoms with Gasteiger partial charge < -0.3 is 15.4 Å². The summed E-state index contributed by atoms with van der Waals surface area (Å²) in [5.74, 6) is -0.392. The fraction of sp³-hybridized carbons (Fsp3) is 0.900. The molecular weight excluding hydrogens is 258 g/mol. The summed E-state index contributed by atoms with van der Waals surface area (Å²) in [6, 6.07) is 0. The Morgan fingerprint density at radius 1 is 1.39 bits per heavy atom. The Kier molecular flexibility index (Phi) is 6.55. The smallest absolute Gasteiger partial charge is 0.221 e. The maximum atomic E-state index is 11.9. The van der Waals surface area contributed by atoms with Gasteiger partial charge in [-0.25, -0.2) is 8.42 Å². The average molecular weight is 279 g/mol. The molecular formula is C10H21N3O4S. The Labute approximate surface area is 108 Å². The number of carbonyl (C=O) groups is 1. The van der Waals surface area contributed by atoms with Crippen LogP contribution in [0.5, 0.6) is 0 Å². The lowest BCUT2D eigenvalue weighted by atomic mass is 10.4. The first kappa shape index (κ1) is 15.4. The third-order valence-electron chi connectivity index (χ3n) is 2.68. The molecule has 0 unspecified atom stereocenters. The van der Waals surface area contributed by atoms with Gasteiger partial charge >= 0.3 is 0 Å². The zero-order valence-corrected chi connectivity index (χ0v) is 11.5. The molecule has 1 heterocycles. The second-order valence-corrected chi connectivity index (χ2v) is 6.15. The van der Waals surface area contributed by atoms with Crippen molar-refractivity contribution in [2.24, 2.45) is 0 Å². The van der Waals surface area contributed by atoms with E-state index in [-0.39, 0.29) is 18.1 Å².